The Labute approximate surface area is 195 Å². The molecule has 1 aromatic carbocycles. The molecule has 0 aliphatic heterocycles. The molecular formula is C24H28N6O2S. The Morgan fingerprint density at radius 2 is 1.91 bits per heavy atom. The number of rotatable bonds is 6. The van der Waals surface area contributed by atoms with E-state index in [-0.39, 0.29) is 5.95 Å². The highest BCUT2D eigenvalue weighted by molar-refractivity contribution is 7.92. The van der Waals surface area contributed by atoms with Crippen molar-refractivity contribution in [1.29, 1.82) is 0 Å². The van der Waals surface area contributed by atoms with Gasteiger partial charge in [0.1, 0.15) is 0 Å². The van der Waals surface area contributed by atoms with Gasteiger partial charge in [-0.15, -0.1) is 0 Å². The number of nitrogens with two attached hydrogens (primary N) is 1. The van der Waals surface area contributed by atoms with E-state index < -0.39 is 10.0 Å². The van der Waals surface area contributed by atoms with E-state index in [2.05, 4.69) is 48.5 Å². The molecule has 0 aliphatic rings. The van der Waals surface area contributed by atoms with Gasteiger partial charge < -0.3 is 10.6 Å². The number of hydrogen-bond donors (Lipinski definition) is 2. The molecular weight excluding hydrogens is 436 g/mol. The maximum atomic E-state index is 11.6. The first-order chi connectivity index (χ1) is 15.6. The number of nitrogen functional groups attached to an aromatic ring is 1. The van der Waals surface area contributed by atoms with Crippen molar-refractivity contribution in [2.75, 3.05) is 30.8 Å². The van der Waals surface area contributed by atoms with Gasteiger partial charge in [0, 0.05) is 23.9 Å². The fourth-order valence-electron chi connectivity index (χ4n) is 3.34. The first kappa shape index (κ1) is 24.2. The van der Waals surface area contributed by atoms with E-state index >= 15 is 0 Å². The Morgan fingerprint density at radius 1 is 1.15 bits per heavy atom. The summed E-state index contributed by atoms with van der Waals surface area (Å²) < 4.78 is 25.8. The van der Waals surface area contributed by atoms with Crippen molar-refractivity contribution in [3.8, 4) is 23.1 Å². The summed E-state index contributed by atoms with van der Waals surface area (Å²) in [6, 6.07) is 9.77. The average Bonchev–Trinajstić information content (AvgIpc) is 2.73. The van der Waals surface area contributed by atoms with Crippen molar-refractivity contribution in [3.05, 3.63) is 64.6 Å². The van der Waals surface area contributed by atoms with E-state index in [0.717, 1.165) is 29.6 Å². The standard InChI is InChI=1S/C24H28N6O2S/c1-6-21-20(11-10-17-13-22(16(2)26-14-17)29-33(5,31)32)23(28-24(25)27-21)19-9-7-8-18(12-19)15-30(3)4/h7-9,12-14,29H,6,15H2,1-5H3,(H2,25,27,28). The topological polar surface area (TPSA) is 114 Å². The Balaban J connectivity index is 2.11. The lowest BCUT2D eigenvalue weighted by Gasteiger charge is -2.13. The van der Waals surface area contributed by atoms with Crippen LogP contribution in [-0.4, -0.2) is 48.6 Å². The smallest absolute Gasteiger partial charge is 0.229 e. The molecule has 3 N–H and O–H groups in total. The zero-order chi connectivity index (χ0) is 24.2. The highest BCUT2D eigenvalue weighted by Gasteiger charge is 2.14. The monoisotopic (exact) mass is 464 g/mol. The number of hydrogen-bond acceptors (Lipinski definition) is 7. The normalized spacial score (nSPS) is 11.2. The van der Waals surface area contributed by atoms with E-state index in [1.165, 1.54) is 0 Å². The molecule has 0 amide bonds. The van der Waals surface area contributed by atoms with Gasteiger partial charge in [0.2, 0.25) is 16.0 Å². The number of anilines is 2. The van der Waals surface area contributed by atoms with Crippen LogP contribution in [0.3, 0.4) is 0 Å². The molecule has 0 bridgehead atoms. The second kappa shape index (κ2) is 9.98. The first-order valence-corrected chi connectivity index (χ1v) is 12.3. The van der Waals surface area contributed by atoms with Gasteiger partial charge in [-0.2, -0.15) is 0 Å². The van der Waals surface area contributed by atoms with Gasteiger partial charge in [-0.25, -0.2) is 18.4 Å². The highest BCUT2D eigenvalue weighted by atomic mass is 32.2. The van der Waals surface area contributed by atoms with Crippen LogP contribution in [-0.2, 0) is 23.0 Å². The number of nitrogens with one attached hydrogen (secondary N) is 1. The van der Waals surface area contributed by atoms with E-state index in [1.807, 2.05) is 33.2 Å². The zero-order valence-electron chi connectivity index (χ0n) is 19.5. The summed E-state index contributed by atoms with van der Waals surface area (Å²) in [4.78, 5) is 15.3. The minimum absolute atomic E-state index is 0.196. The number of sulfonamides is 1. The van der Waals surface area contributed by atoms with Crippen LogP contribution < -0.4 is 10.5 Å². The van der Waals surface area contributed by atoms with E-state index in [0.29, 0.717) is 34.6 Å². The van der Waals surface area contributed by atoms with Crippen LogP contribution in [0.2, 0.25) is 0 Å². The van der Waals surface area contributed by atoms with Crippen LogP contribution >= 0.6 is 0 Å². The molecule has 3 aromatic rings. The molecule has 9 heteroatoms. The summed E-state index contributed by atoms with van der Waals surface area (Å²) in [5.74, 6) is 6.47. The number of pyridine rings is 1. The quantitative estimate of drug-likeness (QED) is 0.539. The Morgan fingerprint density at radius 3 is 2.58 bits per heavy atom. The molecule has 0 saturated heterocycles. The molecule has 0 fully saturated rings. The Bertz CT molecular complexity index is 1340. The van der Waals surface area contributed by atoms with Crippen molar-refractivity contribution in [2.24, 2.45) is 0 Å². The van der Waals surface area contributed by atoms with Crippen LogP contribution in [0.25, 0.3) is 11.3 Å². The summed E-state index contributed by atoms with van der Waals surface area (Å²) in [5, 5.41) is 0. The van der Waals surface area contributed by atoms with Gasteiger partial charge in [-0.3, -0.25) is 9.71 Å². The van der Waals surface area contributed by atoms with Crippen LogP contribution in [0, 0.1) is 18.8 Å². The largest absolute Gasteiger partial charge is 0.368 e. The average molecular weight is 465 g/mol. The van der Waals surface area contributed by atoms with Crippen molar-refractivity contribution in [2.45, 2.75) is 26.8 Å². The number of aromatic nitrogens is 3. The maximum absolute atomic E-state index is 11.6. The molecule has 0 spiro atoms. The minimum Gasteiger partial charge on any atom is -0.368 e. The predicted octanol–water partition coefficient (Wildman–Crippen LogP) is 2.82. The fourth-order valence-corrected chi connectivity index (χ4v) is 3.95. The van der Waals surface area contributed by atoms with Crippen LogP contribution in [0.5, 0.6) is 0 Å². The molecule has 0 saturated carbocycles. The third-order valence-electron chi connectivity index (χ3n) is 4.75. The van der Waals surface area contributed by atoms with Gasteiger partial charge in [-0.1, -0.05) is 37.0 Å². The molecule has 0 radical (unpaired) electrons. The van der Waals surface area contributed by atoms with Gasteiger partial charge in [0.25, 0.3) is 0 Å². The maximum Gasteiger partial charge on any atom is 0.229 e. The molecule has 0 aliphatic carbocycles. The SMILES string of the molecule is CCc1nc(N)nc(-c2cccc(CN(C)C)c2)c1C#Cc1cnc(C)c(NS(C)(=O)=O)c1. The highest BCUT2D eigenvalue weighted by Crippen LogP contribution is 2.26. The van der Waals surface area contributed by atoms with Crippen LogP contribution in [0.15, 0.2) is 36.5 Å². The van der Waals surface area contributed by atoms with Crippen molar-refractivity contribution in [1.82, 2.24) is 19.9 Å². The van der Waals surface area contributed by atoms with Gasteiger partial charge in [-0.05, 0) is 45.1 Å². The Hall–Kier alpha value is -3.48. The molecule has 172 valence electrons. The summed E-state index contributed by atoms with van der Waals surface area (Å²) in [5.41, 5.74) is 11.7. The molecule has 3 rings (SSSR count). The lowest BCUT2D eigenvalue weighted by molar-refractivity contribution is 0.402. The summed E-state index contributed by atoms with van der Waals surface area (Å²) >= 11 is 0. The number of benzene rings is 1. The molecule has 33 heavy (non-hydrogen) atoms. The predicted molar refractivity (Wildman–Crippen MR) is 132 cm³/mol. The molecule has 0 unspecified atom stereocenters. The van der Waals surface area contributed by atoms with E-state index in [9.17, 15) is 8.42 Å². The van der Waals surface area contributed by atoms with Gasteiger partial charge in [0.15, 0.2) is 0 Å². The van der Waals surface area contributed by atoms with Crippen molar-refractivity contribution >= 4 is 21.7 Å². The third-order valence-corrected chi connectivity index (χ3v) is 5.34. The summed E-state index contributed by atoms with van der Waals surface area (Å²) in [7, 11) is 0.606. The fraction of sp³-hybridized carbons (Fsp3) is 0.292. The zero-order valence-corrected chi connectivity index (χ0v) is 20.3. The number of nitrogens with zero attached hydrogens (tertiary/aromatic N) is 4. The second-order valence-corrected chi connectivity index (χ2v) is 9.77. The van der Waals surface area contributed by atoms with E-state index in [4.69, 9.17) is 5.73 Å². The van der Waals surface area contributed by atoms with Crippen LogP contribution in [0.4, 0.5) is 11.6 Å². The minimum atomic E-state index is -3.43. The molecule has 0 atom stereocenters. The second-order valence-electron chi connectivity index (χ2n) is 8.03. The lowest BCUT2D eigenvalue weighted by atomic mass is 10.0. The van der Waals surface area contributed by atoms with Gasteiger partial charge in [0.05, 0.1) is 34.6 Å². The molecule has 2 heterocycles. The van der Waals surface area contributed by atoms with Crippen molar-refractivity contribution < 1.29 is 8.42 Å². The Kier molecular flexibility index (Phi) is 7.31. The summed E-state index contributed by atoms with van der Waals surface area (Å²) in [6.45, 7) is 4.51. The lowest BCUT2D eigenvalue weighted by Crippen LogP contribution is -2.11. The first-order valence-electron chi connectivity index (χ1n) is 10.4. The molecule has 2 aromatic heterocycles. The number of aryl methyl sites for hydroxylation is 2. The third kappa shape index (κ3) is 6.51. The molecule has 8 nitrogen and oxygen atoms in total. The van der Waals surface area contributed by atoms with E-state index in [1.54, 1.807) is 19.2 Å². The van der Waals surface area contributed by atoms with Crippen LogP contribution in [0.1, 0.15) is 35.0 Å². The summed E-state index contributed by atoms with van der Waals surface area (Å²) in [6.07, 6.45) is 3.34. The van der Waals surface area contributed by atoms with Gasteiger partial charge >= 0.3 is 0 Å². The van der Waals surface area contributed by atoms with Crippen molar-refractivity contribution in [3.63, 3.8) is 0 Å².